The van der Waals surface area contributed by atoms with Crippen LogP contribution in [0.1, 0.15) is 43.5 Å². The van der Waals surface area contributed by atoms with Gasteiger partial charge in [0.2, 0.25) is 0 Å². The predicted octanol–water partition coefficient (Wildman–Crippen LogP) is 2.84. The van der Waals surface area contributed by atoms with Crippen LogP contribution in [0.2, 0.25) is 0 Å². The first-order valence-electron chi connectivity index (χ1n) is 5.38. The van der Waals surface area contributed by atoms with Crippen molar-refractivity contribution in [3.05, 3.63) is 29.6 Å². The highest BCUT2D eigenvalue weighted by molar-refractivity contribution is 5.22. The Morgan fingerprint density at radius 3 is 2.86 bits per heavy atom. The van der Waals surface area contributed by atoms with Gasteiger partial charge in [0.25, 0.3) is 0 Å². The van der Waals surface area contributed by atoms with Crippen LogP contribution >= 0.6 is 0 Å². The Bertz CT molecular complexity index is 271. The van der Waals surface area contributed by atoms with Crippen LogP contribution < -0.4 is 5.32 Å². The van der Waals surface area contributed by atoms with E-state index in [0.29, 0.717) is 6.04 Å². The van der Waals surface area contributed by atoms with Gasteiger partial charge >= 0.3 is 0 Å². The third-order valence-electron chi connectivity index (χ3n) is 2.62. The lowest BCUT2D eigenvalue weighted by Gasteiger charge is -2.17. The predicted molar refractivity (Wildman–Crippen MR) is 60.3 cm³/mol. The van der Waals surface area contributed by atoms with E-state index in [2.05, 4.69) is 30.2 Å². The van der Waals surface area contributed by atoms with Gasteiger partial charge in [-0.3, -0.25) is 4.98 Å². The lowest BCUT2D eigenvalue weighted by atomic mass is 10.0. The van der Waals surface area contributed by atoms with E-state index in [4.69, 9.17) is 0 Å². The molecule has 1 unspecified atom stereocenters. The number of nitrogens with one attached hydrogen (secondary N) is 1. The second kappa shape index (κ2) is 5.76. The topological polar surface area (TPSA) is 24.9 Å². The maximum absolute atomic E-state index is 4.32. The highest BCUT2D eigenvalue weighted by Gasteiger charge is 2.10. The van der Waals surface area contributed by atoms with Gasteiger partial charge in [-0.1, -0.05) is 25.8 Å². The van der Waals surface area contributed by atoms with Gasteiger partial charge in [0.05, 0.1) is 0 Å². The number of aryl methyl sites for hydroxylation is 1. The Balaban J connectivity index is 2.73. The molecule has 0 aromatic carbocycles. The summed E-state index contributed by atoms with van der Waals surface area (Å²) in [5, 5.41) is 3.35. The molecule has 1 N–H and O–H groups in total. The second-order valence-corrected chi connectivity index (χ2v) is 3.66. The molecule has 0 amide bonds. The molecule has 0 aliphatic rings. The number of unbranched alkanes of at least 4 members (excludes halogenated alkanes) is 1. The molecule has 0 aliphatic heterocycles. The van der Waals surface area contributed by atoms with Gasteiger partial charge in [-0.15, -0.1) is 0 Å². The summed E-state index contributed by atoms with van der Waals surface area (Å²) in [6.07, 6.45) is 5.56. The minimum absolute atomic E-state index is 0.462. The number of aromatic nitrogens is 1. The molecule has 0 saturated carbocycles. The zero-order chi connectivity index (χ0) is 10.4. The maximum Gasteiger partial charge on any atom is 0.0420 e. The minimum atomic E-state index is 0.462. The van der Waals surface area contributed by atoms with E-state index in [-0.39, 0.29) is 0 Å². The monoisotopic (exact) mass is 192 g/mol. The van der Waals surface area contributed by atoms with Gasteiger partial charge in [-0.25, -0.2) is 0 Å². The Labute approximate surface area is 86.8 Å². The molecule has 1 rings (SSSR count). The van der Waals surface area contributed by atoms with Crippen LogP contribution in [0.5, 0.6) is 0 Å². The Morgan fingerprint density at radius 1 is 1.50 bits per heavy atom. The molecule has 0 spiro atoms. The minimum Gasteiger partial charge on any atom is -0.313 e. The van der Waals surface area contributed by atoms with Crippen molar-refractivity contribution in [1.29, 1.82) is 0 Å². The second-order valence-electron chi connectivity index (χ2n) is 3.66. The number of hydrogen-bond donors (Lipinski definition) is 1. The smallest absolute Gasteiger partial charge is 0.0420 e. The van der Waals surface area contributed by atoms with Crippen LogP contribution in [0, 0.1) is 6.92 Å². The number of rotatable bonds is 5. The van der Waals surface area contributed by atoms with Crippen LogP contribution in [-0.2, 0) is 0 Å². The lowest BCUT2D eigenvalue weighted by Crippen LogP contribution is -2.17. The van der Waals surface area contributed by atoms with E-state index in [1.54, 1.807) is 0 Å². The van der Waals surface area contributed by atoms with Crippen LogP contribution in [0.4, 0.5) is 0 Å². The summed E-state index contributed by atoms with van der Waals surface area (Å²) in [6, 6.07) is 4.64. The molecular formula is C12H20N2. The first-order valence-corrected chi connectivity index (χ1v) is 5.38. The molecule has 1 aromatic rings. The molecule has 0 aliphatic carbocycles. The van der Waals surface area contributed by atoms with Gasteiger partial charge in [0.15, 0.2) is 0 Å². The van der Waals surface area contributed by atoms with E-state index < -0.39 is 0 Å². The Kier molecular flexibility index (Phi) is 4.60. The largest absolute Gasteiger partial charge is 0.313 e. The van der Waals surface area contributed by atoms with Gasteiger partial charge in [-0.2, -0.15) is 0 Å². The molecule has 1 aromatic heterocycles. The quantitative estimate of drug-likeness (QED) is 0.776. The summed E-state index contributed by atoms with van der Waals surface area (Å²) in [4.78, 5) is 4.32. The first kappa shape index (κ1) is 11.2. The third kappa shape index (κ3) is 2.81. The van der Waals surface area contributed by atoms with Crippen LogP contribution in [0.3, 0.4) is 0 Å². The lowest BCUT2D eigenvalue weighted by molar-refractivity contribution is 0.519. The molecular weight excluding hydrogens is 172 g/mol. The van der Waals surface area contributed by atoms with Gasteiger partial charge in [-0.05, 0) is 32.0 Å². The van der Waals surface area contributed by atoms with Crippen LogP contribution in [0.15, 0.2) is 18.3 Å². The standard InChI is InChI=1S/C12H20N2/c1-4-5-8-12(13-3)11-7-6-9-14-10(11)2/h6-7,9,12-13H,4-5,8H2,1-3H3. The number of hydrogen-bond acceptors (Lipinski definition) is 2. The van der Waals surface area contributed by atoms with Gasteiger partial charge < -0.3 is 5.32 Å². The molecule has 1 atom stereocenters. The molecule has 0 saturated heterocycles. The van der Waals surface area contributed by atoms with Crippen molar-refractivity contribution in [1.82, 2.24) is 10.3 Å². The van der Waals surface area contributed by atoms with Crippen molar-refractivity contribution < 1.29 is 0 Å². The van der Waals surface area contributed by atoms with Gasteiger partial charge in [0, 0.05) is 17.9 Å². The SMILES string of the molecule is CCCCC(NC)c1cccnc1C. The number of nitrogens with zero attached hydrogens (tertiary/aromatic N) is 1. The van der Waals surface area contributed by atoms with E-state index >= 15 is 0 Å². The van der Waals surface area contributed by atoms with Crippen molar-refractivity contribution >= 4 is 0 Å². The molecule has 2 nitrogen and oxygen atoms in total. The Hall–Kier alpha value is -0.890. The van der Waals surface area contributed by atoms with Crippen molar-refractivity contribution in [2.75, 3.05) is 7.05 Å². The first-order chi connectivity index (χ1) is 6.79. The maximum atomic E-state index is 4.32. The zero-order valence-electron chi connectivity index (χ0n) is 9.38. The third-order valence-corrected chi connectivity index (χ3v) is 2.62. The van der Waals surface area contributed by atoms with Gasteiger partial charge in [0.1, 0.15) is 0 Å². The van der Waals surface area contributed by atoms with E-state index in [9.17, 15) is 0 Å². The molecule has 0 bridgehead atoms. The van der Waals surface area contributed by atoms with E-state index in [1.807, 2.05) is 19.3 Å². The summed E-state index contributed by atoms with van der Waals surface area (Å²) >= 11 is 0. The highest BCUT2D eigenvalue weighted by Crippen LogP contribution is 2.20. The zero-order valence-corrected chi connectivity index (χ0v) is 9.38. The average Bonchev–Trinajstić information content (AvgIpc) is 2.21. The molecule has 0 fully saturated rings. The summed E-state index contributed by atoms with van der Waals surface area (Å²) in [5.41, 5.74) is 2.48. The molecule has 14 heavy (non-hydrogen) atoms. The normalized spacial score (nSPS) is 12.8. The summed E-state index contributed by atoms with van der Waals surface area (Å²) in [6.45, 7) is 4.30. The molecule has 1 heterocycles. The molecule has 78 valence electrons. The van der Waals surface area contributed by atoms with Crippen LogP contribution in [-0.4, -0.2) is 12.0 Å². The average molecular weight is 192 g/mol. The summed E-state index contributed by atoms with van der Waals surface area (Å²) < 4.78 is 0. The van der Waals surface area contributed by atoms with E-state index in [1.165, 1.54) is 24.8 Å². The van der Waals surface area contributed by atoms with Crippen molar-refractivity contribution in [3.8, 4) is 0 Å². The molecule has 0 radical (unpaired) electrons. The Morgan fingerprint density at radius 2 is 2.29 bits per heavy atom. The van der Waals surface area contributed by atoms with Crippen molar-refractivity contribution in [2.45, 2.75) is 39.2 Å². The fourth-order valence-electron chi connectivity index (χ4n) is 1.73. The molecule has 2 heteroatoms. The van der Waals surface area contributed by atoms with Crippen molar-refractivity contribution in [3.63, 3.8) is 0 Å². The van der Waals surface area contributed by atoms with Crippen LogP contribution in [0.25, 0.3) is 0 Å². The summed E-state index contributed by atoms with van der Waals surface area (Å²) in [5.74, 6) is 0. The van der Waals surface area contributed by atoms with Crippen molar-refractivity contribution in [2.24, 2.45) is 0 Å². The summed E-state index contributed by atoms with van der Waals surface area (Å²) in [7, 11) is 2.02. The fraction of sp³-hybridized carbons (Fsp3) is 0.583. The highest BCUT2D eigenvalue weighted by atomic mass is 14.9. The number of pyridine rings is 1. The van der Waals surface area contributed by atoms with E-state index in [0.717, 1.165) is 5.69 Å². The fourth-order valence-corrected chi connectivity index (χ4v) is 1.73.